The summed E-state index contributed by atoms with van der Waals surface area (Å²) in [6.45, 7) is 2.77. The van der Waals surface area contributed by atoms with Crippen LogP contribution < -0.4 is 10.2 Å². The Hall–Kier alpha value is -3.54. The predicted octanol–water partition coefficient (Wildman–Crippen LogP) is 6.89. The number of nitrogens with zero attached hydrogens (tertiary/aromatic N) is 1. The Labute approximate surface area is 213 Å². The van der Waals surface area contributed by atoms with E-state index in [2.05, 4.69) is 11.4 Å². The third kappa shape index (κ3) is 4.97. The van der Waals surface area contributed by atoms with E-state index in [9.17, 15) is 9.59 Å². The molecule has 1 aliphatic rings. The smallest absolute Gasteiger partial charge is 0.259 e. The summed E-state index contributed by atoms with van der Waals surface area (Å²) in [5.41, 5.74) is 4.88. The Morgan fingerprint density at radius 1 is 0.914 bits per heavy atom. The zero-order chi connectivity index (χ0) is 24.4. The van der Waals surface area contributed by atoms with Crippen molar-refractivity contribution in [2.24, 2.45) is 0 Å². The highest BCUT2D eigenvalue weighted by molar-refractivity contribution is 7.99. The molecule has 4 nitrogen and oxygen atoms in total. The number of amides is 2. The second-order valence-electron chi connectivity index (χ2n) is 8.44. The van der Waals surface area contributed by atoms with E-state index in [-0.39, 0.29) is 11.8 Å². The van der Waals surface area contributed by atoms with E-state index in [1.165, 1.54) is 0 Å². The molecule has 2 amide bonds. The van der Waals surface area contributed by atoms with Crippen LogP contribution in [0.5, 0.6) is 0 Å². The van der Waals surface area contributed by atoms with Crippen molar-refractivity contribution >= 4 is 40.9 Å². The first-order valence-corrected chi connectivity index (χ1v) is 12.5. The van der Waals surface area contributed by atoms with Gasteiger partial charge >= 0.3 is 0 Å². The monoisotopic (exact) mass is 498 g/mol. The first kappa shape index (κ1) is 23.2. The van der Waals surface area contributed by atoms with Gasteiger partial charge in [-0.1, -0.05) is 83.5 Å². The van der Waals surface area contributed by atoms with E-state index >= 15 is 0 Å². The number of hydrogen-bond acceptors (Lipinski definition) is 3. The summed E-state index contributed by atoms with van der Waals surface area (Å²) in [5, 5.41) is 3.56. The molecule has 0 aliphatic carbocycles. The molecule has 0 radical (unpaired) electrons. The van der Waals surface area contributed by atoms with Crippen LogP contribution in [0.2, 0.25) is 5.02 Å². The fourth-order valence-corrected chi connectivity index (χ4v) is 5.39. The maximum absolute atomic E-state index is 13.7. The Morgan fingerprint density at radius 2 is 1.71 bits per heavy atom. The number of anilines is 1. The fraction of sp³-hybridized carbons (Fsp3) is 0.103. The molecule has 1 heterocycles. The highest BCUT2D eigenvalue weighted by Gasteiger charge is 2.28. The number of halogens is 1. The Balaban J connectivity index is 1.50. The fourth-order valence-electron chi connectivity index (χ4n) is 4.13. The molecule has 0 fully saturated rings. The SMILES string of the molecule is Cc1cccc(CN2C(=O)c3ccccc3Sc3ccc(C(=O)NCc4ccccc4Cl)cc32)c1. The van der Waals surface area contributed by atoms with Crippen molar-refractivity contribution in [1.29, 1.82) is 0 Å². The number of hydrogen-bond donors (Lipinski definition) is 1. The van der Waals surface area contributed by atoms with Crippen LogP contribution in [0.25, 0.3) is 0 Å². The maximum atomic E-state index is 13.7. The van der Waals surface area contributed by atoms with Gasteiger partial charge in [0.25, 0.3) is 11.8 Å². The lowest BCUT2D eigenvalue weighted by molar-refractivity contribution is 0.0947. The highest BCUT2D eigenvalue weighted by Crippen LogP contribution is 2.42. The lowest BCUT2D eigenvalue weighted by Crippen LogP contribution is -2.31. The number of carbonyl (C=O) groups is 2. The van der Waals surface area contributed by atoms with Crippen LogP contribution >= 0.6 is 23.4 Å². The minimum Gasteiger partial charge on any atom is -0.348 e. The van der Waals surface area contributed by atoms with Crippen molar-refractivity contribution in [2.75, 3.05) is 4.90 Å². The van der Waals surface area contributed by atoms with Crippen LogP contribution in [0.1, 0.15) is 37.4 Å². The van der Waals surface area contributed by atoms with Crippen molar-refractivity contribution in [1.82, 2.24) is 5.32 Å². The van der Waals surface area contributed by atoms with Crippen molar-refractivity contribution in [3.05, 3.63) is 124 Å². The third-order valence-corrected chi connectivity index (χ3v) is 7.42. The molecule has 0 aromatic heterocycles. The molecule has 4 aromatic rings. The molecule has 1 N–H and O–H groups in total. The Morgan fingerprint density at radius 3 is 2.54 bits per heavy atom. The molecule has 0 unspecified atom stereocenters. The summed E-state index contributed by atoms with van der Waals surface area (Å²) >= 11 is 7.78. The van der Waals surface area contributed by atoms with Gasteiger partial charge in [-0.05, 0) is 54.4 Å². The van der Waals surface area contributed by atoms with Crippen LogP contribution in [0.15, 0.2) is 101 Å². The molecule has 0 saturated carbocycles. The second-order valence-corrected chi connectivity index (χ2v) is 9.93. The molecule has 4 aromatic carbocycles. The van der Waals surface area contributed by atoms with Crippen LogP contribution in [0, 0.1) is 6.92 Å². The van der Waals surface area contributed by atoms with Crippen LogP contribution in [0.3, 0.4) is 0 Å². The number of benzene rings is 4. The van der Waals surface area contributed by atoms with Gasteiger partial charge in [-0.25, -0.2) is 0 Å². The topological polar surface area (TPSA) is 49.4 Å². The van der Waals surface area contributed by atoms with Crippen molar-refractivity contribution in [2.45, 2.75) is 29.8 Å². The van der Waals surface area contributed by atoms with E-state index in [4.69, 9.17) is 11.6 Å². The molecule has 6 heteroatoms. The largest absolute Gasteiger partial charge is 0.348 e. The van der Waals surface area contributed by atoms with Gasteiger partial charge in [0.1, 0.15) is 0 Å². The molecule has 1 aliphatic heterocycles. The minimum atomic E-state index is -0.220. The van der Waals surface area contributed by atoms with E-state index in [1.54, 1.807) is 28.8 Å². The molecule has 0 saturated heterocycles. The molecule has 5 rings (SSSR count). The van der Waals surface area contributed by atoms with Gasteiger partial charge in [0.15, 0.2) is 0 Å². The van der Waals surface area contributed by atoms with Gasteiger partial charge in [0.05, 0.1) is 17.8 Å². The van der Waals surface area contributed by atoms with Crippen molar-refractivity contribution < 1.29 is 9.59 Å². The summed E-state index contributed by atoms with van der Waals surface area (Å²) in [5.74, 6) is -0.301. The molecular weight excluding hydrogens is 476 g/mol. The van der Waals surface area contributed by atoms with E-state index in [0.717, 1.165) is 32.2 Å². The van der Waals surface area contributed by atoms with Gasteiger partial charge in [0.2, 0.25) is 0 Å². The normalized spacial score (nSPS) is 12.5. The Kier molecular flexibility index (Phi) is 6.62. The molecule has 0 atom stereocenters. The predicted molar refractivity (Wildman–Crippen MR) is 141 cm³/mol. The maximum Gasteiger partial charge on any atom is 0.259 e. The average Bonchev–Trinajstić information content (AvgIpc) is 2.97. The molecule has 35 heavy (non-hydrogen) atoms. The Bertz CT molecular complexity index is 1440. The third-order valence-electron chi connectivity index (χ3n) is 5.91. The second kappa shape index (κ2) is 9.98. The quantitative estimate of drug-likeness (QED) is 0.326. The number of rotatable bonds is 5. The molecule has 0 spiro atoms. The lowest BCUT2D eigenvalue weighted by atomic mass is 10.1. The minimum absolute atomic E-state index is 0.0815. The molecule has 0 bridgehead atoms. The molecule has 174 valence electrons. The van der Waals surface area contributed by atoms with E-state index in [0.29, 0.717) is 29.2 Å². The van der Waals surface area contributed by atoms with E-state index in [1.807, 2.05) is 79.7 Å². The summed E-state index contributed by atoms with van der Waals surface area (Å²) < 4.78 is 0. The number of nitrogens with one attached hydrogen (secondary N) is 1. The summed E-state index contributed by atoms with van der Waals surface area (Å²) in [7, 11) is 0. The van der Waals surface area contributed by atoms with Gasteiger partial charge < -0.3 is 10.2 Å². The van der Waals surface area contributed by atoms with Gasteiger partial charge in [-0.15, -0.1) is 0 Å². The lowest BCUT2D eigenvalue weighted by Gasteiger charge is -2.24. The zero-order valence-electron chi connectivity index (χ0n) is 19.1. The first-order valence-electron chi connectivity index (χ1n) is 11.3. The summed E-state index contributed by atoms with van der Waals surface area (Å²) in [6, 6.07) is 28.7. The van der Waals surface area contributed by atoms with Crippen molar-refractivity contribution in [3.8, 4) is 0 Å². The van der Waals surface area contributed by atoms with Gasteiger partial charge in [-0.2, -0.15) is 0 Å². The average molecular weight is 499 g/mol. The zero-order valence-corrected chi connectivity index (χ0v) is 20.7. The van der Waals surface area contributed by atoms with Crippen molar-refractivity contribution in [3.63, 3.8) is 0 Å². The molecular formula is C29H23ClN2O2S. The van der Waals surface area contributed by atoms with Gasteiger partial charge in [-0.3, -0.25) is 9.59 Å². The summed E-state index contributed by atoms with van der Waals surface area (Å²) in [4.78, 5) is 30.4. The number of aryl methyl sites for hydroxylation is 1. The standard InChI is InChI=1S/C29H23ClN2O2S/c1-19-7-6-8-20(15-19)18-32-25-16-21(28(33)31-17-22-9-2-4-11-24(22)30)13-14-27(25)35-26-12-5-3-10-23(26)29(32)34/h2-16H,17-18H2,1H3,(H,31,33). The number of fused-ring (bicyclic) bond motifs is 2. The number of carbonyl (C=O) groups excluding carboxylic acids is 2. The highest BCUT2D eigenvalue weighted by atomic mass is 35.5. The first-order chi connectivity index (χ1) is 17.0. The van der Waals surface area contributed by atoms with E-state index < -0.39 is 0 Å². The van der Waals surface area contributed by atoms with Crippen LogP contribution in [-0.4, -0.2) is 11.8 Å². The summed E-state index contributed by atoms with van der Waals surface area (Å²) in [6.07, 6.45) is 0. The van der Waals surface area contributed by atoms with Gasteiger partial charge in [0, 0.05) is 26.9 Å². The van der Waals surface area contributed by atoms with Crippen LogP contribution in [0.4, 0.5) is 5.69 Å². The van der Waals surface area contributed by atoms with Crippen LogP contribution in [-0.2, 0) is 13.1 Å².